The van der Waals surface area contributed by atoms with Crippen LogP contribution in [0.1, 0.15) is 23.1 Å². The highest BCUT2D eigenvalue weighted by molar-refractivity contribution is 9.10. The van der Waals surface area contributed by atoms with E-state index in [4.69, 9.17) is 10.5 Å². The molecule has 0 heterocycles. The summed E-state index contributed by atoms with van der Waals surface area (Å²) in [5, 5.41) is 0. The molecule has 2 rings (SSSR count). The minimum atomic E-state index is -2.63. The maximum atomic E-state index is 13.0. The van der Waals surface area contributed by atoms with Gasteiger partial charge in [0.1, 0.15) is 11.5 Å². The zero-order valence-electron chi connectivity index (χ0n) is 11.1. The highest BCUT2D eigenvalue weighted by Crippen LogP contribution is 2.35. The van der Waals surface area contributed by atoms with Gasteiger partial charge in [0.2, 0.25) is 0 Å². The molecule has 0 atom stereocenters. The van der Waals surface area contributed by atoms with E-state index in [1.807, 2.05) is 13.8 Å². The Morgan fingerprint density at radius 1 is 1.10 bits per heavy atom. The average Bonchev–Trinajstić information content (AvgIpc) is 2.37. The number of rotatable bonds is 3. The van der Waals surface area contributed by atoms with E-state index >= 15 is 0 Å². The molecule has 2 nitrogen and oxygen atoms in total. The van der Waals surface area contributed by atoms with E-state index in [1.165, 1.54) is 12.1 Å². The van der Waals surface area contributed by atoms with Gasteiger partial charge in [-0.05, 0) is 55.3 Å². The number of aryl methyl sites for hydroxylation is 2. The third-order valence-electron chi connectivity index (χ3n) is 2.91. The highest BCUT2D eigenvalue weighted by atomic mass is 79.9. The lowest BCUT2D eigenvalue weighted by atomic mass is 10.1. The van der Waals surface area contributed by atoms with Crippen LogP contribution in [-0.2, 0) is 0 Å². The van der Waals surface area contributed by atoms with Crippen LogP contribution in [0.5, 0.6) is 11.5 Å². The lowest BCUT2D eigenvalue weighted by Crippen LogP contribution is -1.96. The predicted octanol–water partition coefficient (Wildman–Crippen LogP) is 5.38. The van der Waals surface area contributed by atoms with Gasteiger partial charge in [-0.2, -0.15) is 0 Å². The first kappa shape index (κ1) is 14.8. The van der Waals surface area contributed by atoms with E-state index in [2.05, 4.69) is 15.9 Å². The standard InChI is InChI=1S/C15H14BrF2NO/c1-8-5-11(6-9(2)14(8)16)20-13-4-3-10(19)7-12(13)15(17)18/h3-7,15H,19H2,1-2H3. The molecule has 0 amide bonds. The molecule has 0 aliphatic heterocycles. The molecule has 5 heteroatoms. The van der Waals surface area contributed by atoms with Crippen molar-refractivity contribution in [2.75, 3.05) is 5.73 Å². The molecule has 0 aromatic heterocycles. The Morgan fingerprint density at radius 2 is 1.70 bits per heavy atom. The molecular formula is C15H14BrF2NO. The van der Waals surface area contributed by atoms with Crippen molar-refractivity contribution in [2.24, 2.45) is 0 Å². The number of halogens is 3. The number of hydrogen-bond donors (Lipinski definition) is 1. The summed E-state index contributed by atoms with van der Waals surface area (Å²) in [6, 6.07) is 7.83. The van der Waals surface area contributed by atoms with E-state index in [1.54, 1.807) is 18.2 Å². The van der Waals surface area contributed by atoms with Gasteiger partial charge in [0.15, 0.2) is 0 Å². The second-order valence-electron chi connectivity index (χ2n) is 4.57. The number of ether oxygens (including phenoxy) is 1. The molecule has 2 N–H and O–H groups in total. The van der Waals surface area contributed by atoms with Crippen LogP contribution in [0.3, 0.4) is 0 Å². The summed E-state index contributed by atoms with van der Waals surface area (Å²) in [5.41, 5.74) is 7.58. The minimum absolute atomic E-state index is 0.121. The number of nitrogen functional groups attached to an aromatic ring is 1. The number of benzene rings is 2. The topological polar surface area (TPSA) is 35.2 Å². The fourth-order valence-corrected chi connectivity index (χ4v) is 2.15. The first-order valence-electron chi connectivity index (χ1n) is 6.00. The molecule has 2 aromatic rings. The van der Waals surface area contributed by atoms with Crippen molar-refractivity contribution >= 4 is 21.6 Å². The van der Waals surface area contributed by atoms with Crippen LogP contribution in [0.4, 0.5) is 14.5 Å². The molecule has 106 valence electrons. The predicted molar refractivity (Wildman–Crippen MR) is 79.5 cm³/mol. The normalized spacial score (nSPS) is 10.9. The molecular weight excluding hydrogens is 328 g/mol. The molecule has 0 spiro atoms. The van der Waals surface area contributed by atoms with E-state index in [-0.39, 0.29) is 17.0 Å². The molecule has 2 aromatic carbocycles. The summed E-state index contributed by atoms with van der Waals surface area (Å²) in [6.07, 6.45) is -2.63. The lowest BCUT2D eigenvalue weighted by molar-refractivity contribution is 0.148. The first-order valence-corrected chi connectivity index (χ1v) is 6.80. The van der Waals surface area contributed by atoms with Gasteiger partial charge in [-0.25, -0.2) is 8.78 Å². The van der Waals surface area contributed by atoms with Crippen molar-refractivity contribution < 1.29 is 13.5 Å². The van der Waals surface area contributed by atoms with Gasteiger partial charge in [0, 0.05) is 10.2 Å². The Balaban J connectivity index is 2.40. The lowest BCUT2D eigenvalue weighted by Gasteiger charge is -2.13. The smallest absolute Gasteiger partial charge is 0.267 e. The molecule has 0 fully saturated rings. The van der Waals surface area contributed by atoms with Gasteiger partial charge in [-0.15, -0.1) is 0 Å². The number of nitrogens with two attached hydrogens (primary N) is 1. The van der Waals surface area contributed by atoms with Crippen molar-refractivity contribution in [1.82, 2.24) is 0 Å². The van der Waals surface area contributed by atoms with Crippen molar-refractivity contribution in [1.29, 1.82) is 0 Å². The summed E-state index contributed by atoms with van der Waals surface area (Å²) < 4.78 is 32.5. The number of hydrogen-bond acceptors (Lipinski definition) is 2. The van der Waals surface area contributed by atoms with Gasteiger partial charge in [-0.1, -0.05) is 15.9 Å². The quantitative estimate of drug-likeness (QED) is 0.760. The maximum Gasteiger partial charge on any atom is 0.267 e. The highest BCUT2D eigenvalue weighted by Gasteiger charge is 2.15. The van der Waals surface area contributed by atoms with Crippen LogP contribution in [0.2, 0.25) is 0 Å². The Morgan fingerprint density at radius 3 is 2.25 bits per heavy atom. The number of anilines is 1. The Kier molecular flexibility index (Phi) is 4.28. The van der Waals surface area contributed by atoms with Crippen LogP contribution in [0, 0.1) is 13.8 Å². The molecule has 0 unspecified atom stereocenters. The fourth-order valence-electron chi connectivity index (χ4n) is 1.92. The molecule has 0 radical (unpaired) electrons. The third kappa shape index (κ3) is 3.10. The van der Waals surface area contributed by atoms with Crippen molar-refractivity contribution in [3.8, 4) is 11.5 Å². The zero-order chi connectivity index (χ0) is 14.9. The summed E-state index contributed by atoms with van der Waals surface area (Å²) in [7, 11) is 0. The summed E-state index contributed by atoms with van der Waals surface area (Å²) in [6.45, 7) is 3.84. The van der Waals surface area contributed by atoms with E-state index in [9.17, 15) is 8.78 Å². The third-order valence-corrected chi connectivity index (χ3v) is 4.16. The Bertz CT molecular complexity index is 621. The molecule has 20 heavy (non-hydrogen) atoms. The summed E-state index contributed by atoms with van der Waals surface area (Å²) >= 11 is 3.45. The first-order chi connectivity index (χ1) is 9.38. The van der Waals surface area contributed by atoms with E-state index in [0.717, 1.165) is 15.6 Å². The minimum Gasteiger partial charge on any atom is -0.457 e. The SMILES string of the molecule is Cc1cc(Oc2ccc(N)cc2C(F)F)cc(C)c1Br. The Hall–Kier alpha value is -1.62. The monoisotopic (exact) mass is 341 g/mol. The number of alkyl halides is 2. The molecule has 0 bridgehead atoms. The van der Waals surface area contributed by atoms with Gasteiger partial charge < -0.3 is 10.5 Å². The molecule has 0 saturated heterocycles. The largest absolute Gasteiger partial charge is 0.457 e. The van der Waals surface area contributed by atoms with Crippen LogP contribution < -0.4 is 10.5 Å². The van der Waals surface area contributed by atoms with Gasteiger partial charge in [0.25, 0.3) is 6.43 Å². The summed E-state index contributed by atoms with van der Waals surface area (Å²) in [5.74, 6) is 0.644. The van der Waals surface area contributed by atoms with Crippen LogP contribution in [-0.4, -0.2) is 0 Å². The van der Waals surface area contributed by atoms with Crippen LogP contribution in [0.15, 0.2) is 34.8 Å². The molecule has 0 aliphatic carbocycles. The zero-order valence-corrected chi connectivity index (χ0v) is 12.7. The van der Waals surface area contributed by atoms with Gasteiger partial charge in [-0.3, -0.25) is 0 Å². The second kappa shape index (κ2) is 5.79. The summed E-state index contributed by atoms with van der Waals surface area (Å²) in [4.78, 5) is 0. The fraction of sp³-hybridized carbons (Fsp3) is 0.200. The average molecular weight is 342 g/mol. The van der Waals surface area contributed by atoms with Crippen LogP contribution >= 0.6 is 15.9 Å². The van der Waals surface area contributed by atoms with Crippen LogP contribution in [0.25, 0.3) is 0 Å². The maximum absolute atomic E-state index is 13.0. The van der Waals surface area contributed by atoms with Crippen molar-refractivity contribution in [3.05, 3.63) is 51.5 Å². The van der Waals surface area contributed by atoms with E-state index < -0.39 is 6.43 Å². The van der Waals surface area contributed by atoms with Crippen molar-refractivity contribution in [3.63, 3.8) is 0 Å². The van der Waals surface area contributed by atoms with E-state index in [0.29, 0.717) is 5.75 Å². The van der Waals surface area contributed by atoms with Gasteiger partial charge >= 0.3 is 0 Å². The van der Waals surface area contributed by atoms with Crippen molar-refractivity contribution in [2.45, 2.75) is 20.3 Å². The molecule has 0 saturated carbocycles. The second-order valence-corrected chi connectivity index (χ2v) is 5.36. The Labute approximate surface area is 124 Å². The van der Waals surface area contributed by atoms with Gasteiger partial charge in [0.05, 0.1) is 5.56 Å². The molecule has 0 aliphatic rings.